The number of fused-ring (bicyclic) bond motifs is 3. The molecule has 1 aromatic heterocycles. The molecule has 0 aliphatic carbocycles. The van der Waals surface area contributed by atoms with Crippen molar-refractivity contribution in [2.45, 2.75) is 40.0 Å². The number of aryl methyl sites for hydroxylation is 2. The molecule has 1 heterocycles. The molecule has 0 aliphatic rings. The molecule has 0 spiro atoms. The normalized spacial score (nSPS) is 12.0. The van der Waals surface area contributed by atoms with Crippen LogP contribution in [0.3, 0.4) is 0 Å². The molecule has 0 N–H and O–H groups in total. The Labute approximate surface area is 155 Å². The van der Waals surface area contributed by atoms with Crippen molar-refractivity contribution in [1.29, 1.82) is 0 Å². The van der Waals surface area contributed by atoms with E-state index in [9.17, 15) is 0 Å². The van der Waals surface area contributed by atoms with Gasteiger partial charge in [-0.2, -0.15) is 0 Å². The first-order valence-corrected chi connectivity index (χ1v) is 9.24. The van der Waals surface area contributed by atoms with Crippen molar-refractivity contribution in [3.63, 3.8) is 0 Å². The number of benzene rings is 3. The van der Waals surface area contributed by atoms with E-state index in [1.807, 2.05) is 6.20 Å². The van der Waals surface area contributed by atoms with E-state index in [0.717, 1.165) is 5.69 Å². The van der Waals surface area contributed by atoms with Crippen molar-refractivity contribution in [2.75, 3.05) is 0 Å². The molecule has 0 bridgehead atoms. The Hall–Kier alpha value is -2.67. The van der Waals surface area contributed by atoms with Gasteiger partial charge >= 0.3 is 0 Å². The maximum absolute atomic E-state index is 4.71. The van der Waals surface area contributed by atoms with Crippen LogP contribution in [0, 0.1) is 13.8 Å². The highest BCUT2D eigenvalue weighted by Crippen LogP contribution is 2.34. The van der Waals surface area contributed by atoms with E-state index in [-0.39, 0.29) is 5.41 Å². The van der Waals surface area contributed by atoms with Crippen LogP contribution in [0.4, 0.5) is 0 Å². The van der Waals surface area contributed by atoms with E-state index in [1.165, 1.54) is 43.8 Å². The lowest BCUT2D eigenvalue weighted by atomic mass is 9.85. The molecular weight excluding hydrogens is 314 g/mol. The van der Waals surface area contributed by atoms with Gasteiger partial charge in [-0.15, -0.1) is 0 Å². The highest BCUT2D eigenvalue weighted by atomic mass is 14.7. The molecule has 4 rings (SSSR count). The SMILES string of the molecule is Cc1ccc(-c2nccc3c2ccc2cc(C(C)(C)C)ccc23)cc1C. The van der Waals surface area contributed by atoms with E-state index >= 15 is 0 Å². The molecule has 0 atom stereocenters. The van der Waals surface area contributed by atoms with Gasteiger partial charge in [-0.1, -0.05) is 63.2 Å². The van der Waals surface area contributed by atoms with Crippen molar-refractivity contribution >= 4 is 21.5 Å². The maximum atomic E-state index is 4.71. The van der Waals surface area contributed by atoms with Gasteiger partial charge < -0.3 is 0 Å². The third kappa shape index (κ3) is 2.78. The number of rotatable bonds is 1. The molecule has 0 saturated carbocycles. The smallest absolute Gasteiger partial charge is 0.0780 e. The van der Waals surface area contributed by atoms with E-state index in [4.69, 9.17) is 4.98 Å². The van der Waals surface area contributed by atoms with Gasteiger partial charge in [-0.3, -0.25) is 4.98 Å². The van der Waals surface area contributed by atoms with Crippen LogP contribution in [-0.2, 0) is 5.41 Å². The molecule has 0 amide bonds. The summed E-state index contributed by atoms with van der Waals surface area (Å²) in [7, 11) is 0. The molecule has 0 saturated heterocycles. The summed E-state index contributed by atoms with van der Waals surface area (Å²) in [6, 6.07) is 20.0. The monoisotopic (exact) mass is 339 g/mol. The molecule has 0 fully saturated rings. The second-order valence-corrected chi connectivity index (χ2v) is 8.31. The minimum Gasteiger partial charge on any atom is -0.256 e. The highest BCUT2D eigenvalue weighted by molar-refractivity contribution is 6.11. The Kier molecular flexibility index (Phi) is 3.84. The minimum atomic E-state index is 0.159. The fourth-order valence-electron chi connectivity index (χ4n) is 3.58. The van der Waals surface area contributed by atoms with Crippen molar-refractivity contribution in [3.8, 4) is 11.3 Å². The molecular formula is C25H25N. The fourth-order valence-corrected chi connectivity index (χ4v) is 3.58. The maximum Gasteiger partial charge on any atom is 0.0780 e. The Balaban J connectivity index is 1.97. The van der Waals surface area contributed by atoms with Gasteiger partial charge in [0.2, 0.25) is 0 Å². The number of aromatic nitrogens is 1. The fraction of sp³-hybridized carbons (Fsp3) is 0.240. The molecule has 3 aromatic carbocycles. The lowest BCUT2D eigenvalue weighted by Gasteiger charge is -2.20. The summed E-state index contributed by atoms with van der Waals surface area (Å²) in [4.78, 5) is 4.71. The van der Waals surface area contributed by atoms with Gasteiger partial charge in [0.05, 0.1) is 5.69 Å². The van der Waals surface area contributed by atoms with Crippen LogP contribution < -0.4 is 0 Å². The number of hydrogen-bond acceptors (Lipinski definition) is 1. The van der Waals surface area contributed by atoms with Crippen LogP contribution in [0.1, 0.15) is 37.5 Å². The molecule has 4 aromatic rings. The topological polar surface area (TPSA) is 12.9 Å². The third-order valence-corrected chi connectivity index (χ3v) is 5.41. The first kappa shape index (κ1) is 16.8. The first-order chi connectivity index (χ1) is 12.3. The lowest BCUT2D eigenvalue weighted by molar-refractivity contribution is 0.591. The zero-order valence-electron chi connectivity index (χ0n) is 16.2. The van der Waals surface area contributed by atoms with Crippen LogP contribution >= 0.6 is 0 Å². The average molecular weight is 339 g/mol. The predicted molar refractivity (Wildman–Crippen MR) is 113 cm³/mol. The average Bonchev–Trinajstić information content (AvgIpc) is 2.62. The Morgan fingerprint density at radius 2 is 1.46 bits per heavy atom. The first-order valence-electron chi connectivity index (χ1n) is 9.24. The van der Waals surface area contributed by atoms with E-state index in [2.05, 4.69) is 89.2 Å². The van der Waals surface area contributed by atoms with Gasteiger partial charge in [0, 0.05) is 17.1 Å². The van der Waals surface area contributed by atoms with Crippen LogP contribution in [0.15, 0.2) is 60.8 Å². The molecule has 0 unspecified atom stereocenters. The zero-order valence-corrected chi connectivity index (χ0v) is 16.2. The van der Waals surface area contributed by atoms with Crippen LogP contribution in [0.2, 0.25) is 0 Å². The van der Waals surface area contributed by atoms with Crippen molar-refractivity contribution in [1.82, 2.24) is 4.98 Å². The van der Waals surface area contributed by atoms with Gasteiger partial charge in [0.15, 0.2) is 0 Å². The van der Waals surface area contributed by atoms with Gasteiger partial charge in [-0.25, -0.2) is 0 Å². The largest absolute Gasteiger partial charge is 0.256 e. The number of nitrogens with zero attached hydrogens (tertiary/aromatic N) is 1. The van der Waals surface area contributed by atoms with Crippen LogP contribution in [0.25, 0.3) is 32.8 Å². The standard InChI is InChI=1S/C25H25N/c1-16-6-7-19(14-17(16)2)24-23-10-8-18-15-20(25(3,4)5)9-11-21(18)22(23)12-13-26-24/h6-15H,1-5H3. The molecule has 26 heavy (non-hydrogen) atoms. The van der Waals surface area contributed by atoms with E-state index < -0.39 is 0 Å². The summed E-state index contributed by atoms with van der Waals surface area (Å²) in [5.74, 6) is 0. The number of hydrogen-bond donors (Lipinski definition) is 0. The van der Waals surface area contributed by atoms with Gasteiger partial charge in [-0.05, 0) is 64.2 Å². The number of pyridine rings is 1. The van der Waals surface area contributed by atoms with E-state index in [0.29, 0.717) is 0 Å². The Bertz CT molecular complexity index is 1130. The summed E-state index contributed by atoms with van der Waals surface area (Å²) >= 11 is 0. The lowest BCUT2D eigenvalue weighted by Crippen LogP contribution is -2.10. The summed E-state index contributed by atoms with van der Waals surface area (Å²) in [6.45, 7) is 11.1. The summed E-state index contributed by atoms with van der Waals surface area (Å²) in [5, 5.41) is 5.07. The predicted octanol–water partition coefficient (Wildman–Crippen LogP) is 6.97. The quantitative estimate of drug-likeness (QED) is 0.341. The molecule has 1 nitrogen and oxygen atoms in total. The van der Waals surface area contributed by atoms with Crippen molar-refractivity contribution in [3.05, 3.63) is 77.5 Å². The summed E-state index contributed by atoms with van der Waals surface area (Å²) in [5.41, 5.74) is 6.39. The van der Waals surface area contributed by atoms with Crippen LogP contribution in [0.5, 0.6) is 0 Å². The molecule has 130 valence electrons. The molecule has 0 radical (unpaired) electrons. The second-order valence-electron chi connectivity index (χ2n) is 8.31. The summed E-state index contributed by atoms with van der Waals surface area (Å²) < 4.78 is 0. The Morgan fingerprint density at radius 3 is 2.19 bits per heavy atom. The minimum absolute atomic E-state index is 0.159. The van der Waals surface area contributed by atoms with Gasteiger partial charge in [0.1, 0.15) is 0 Å². The van der Waals surface area contributed by atoms with Crippen molar-refractivity contribution in [2.24, 2.45) is 0 Å². The Morgan fingerprint density at radius 1 is 0.692 bits per heavy atom. The second kappa shape index (κ2) is 5.95. The third-order valence-electron chi connectivity index (χ3n) is 5.41. The van der Waals surface area contributed by atoms with Crippen molar-refractivity contribution < 1.29 is 0 Å². The van der Waals surface area contributed by atoms with E-state index in [1.54, 1.807) is 0 Å². The summed E-state index contributed by atoms with van der Waals surface area (Å²) in [6.07, 6.45) is 1.93. The van der Waals surface area contributed by atoms with Crippen LogP contribution in [-0.4, -0.2) is 4.98 Å². The highest BCUT2D eigenvalue weighted by Gasteiger charge is 2.15. The zero-order chi connectivity index (χ0) is 18.5. The van der Waals surface area contributed by atoms with Gasteiger partial charge in [0.25, 0.3) is 0 Å². The molecule has 1 heteroatoms. The molecule has 0 aliphatic heterocycles.